The Kier molecular flexibility index (Phi) is 8.43. The Morgan fingerprint density at radius 3 is 2.14 bits per heavy atom. The van der Waals surface area contributed by atoms with Gasteiger partial charge in [0.25, 0.3) is 5.91 Å². The summed E-state index contributed by atoms with van der Waals surface area (Å²) in [6.45, 7) is 13.2. The van der Waals surface area contributed by atoms with Gasteiger partial charge in [-0.3, -0.25) is 24.0 Å². The molecule has 12 nitrogen and oxygen atoms in total. The molecule has 1 unspecified atom stereocenters. The van der Waals surface area contributed by atoms with Gasteiger partial charge in [-0.2, -0.15) is 0 Å². The number of amides is 5. The van der Waals surface area contributed by atoms with Crippen molar-refractivity contribution in [2.24, 2.45) is 28.1 Å². The molecule has 4 fully saturated rings. The minimum atomic E-state index is -0.999. The second-order valence-electron chi connectivity index (χ2n) is 14.6. The number of methoxy groups -OCH3 is 1. The number of alkyl carbamates (subject to hydrolysis) is 1. The normalized spacial score (nSPS) is 30.0. The summed E-state index contributed by atoms with van der Waals surface area (Å²) in [5, 5.41) is 11.1. The molecule has 2 saturated heterocycles. The van der Waals surface area contributed by atoms with Crippen molar-refractivity contribution >= 4 is 35.5 Å². The van der Waals surface area contributed by atoms with E-state index in [-0.39, 0.29) is 17.9 Å². The van der Waals surface area contributed by atoms with Gasteiger partial charge in [0.1, 0.15) is 24.2 Å². The van der Waals surface area contributed by atoms with Crippen LogP contribution in [0.3, 0.4) is 0 Å². The molecule has 0 aromatic heterocycles. The van der Waals surface area contributed by atoms with Gasteiger partial charge in [-0.05, 0) is 48.9 Å². The fraction of sp³-hybridized carbons (Fsp3) is 0.800. The van der Waals surface area contributed by atoms with Crippen molar-refractivity contribution in [2.75, 3.05) is 13.7 Å². The van der Waals surface area contributed by atoms with Crippen LogP contribution >= 0.6 is 0 Å². The highest BCUT2D eigenvalue weighted by atomic mass is 16.5. The summed E-state index contributed by atoms with van der Waals surface area (Å²) >= 11 is 0. The summed E-state index contributed by atoms with van der Waals surface area (Å²) in [5.41, 5.74) is -2.06. The van der Waals surface area contributed by atoms with E-state index in [0.29, 0.717) is 19.4 Å². The van der Waals surface area contributed by atoms with Gasteiger partial charge >= 0.3 is 6.09 Å². The van der Waals surface area contributed by atoms with Gasteiger partial charge in [-0.15, -0.1) is 0 Å². The molecule has 0 spiro atoms. The Balaban J connectivity index is 1.60. The van der Waals surface area contributed by atoms with Crippen LogP contribution in [0.15, 0.2) is 0 Å². The number of nitrogens with zero attached hydrogens (tertiary/aromatic N) is 1. The Hall–Kier alpha value is -3.18. The second-order valence-corrected chi connectivity index (χ2v) is 14.6. The van der Waals surface area contributed by atoms with Gasteiger partial charge in [0.2, 0.25) is 23.5 Å². The minimum Gasteiger partial charge on any atom is -0.453 e. The highest BCUT2D eigenvalue weighted by Crippen LogP contribution is 2.59. The zero-order valence-electron chi connectivity index (χ0n) is 26.1. The molecule has 7 atom stereocenters. The lowest BCUT2D eigenvalue weighted by atomic mass is 9.63. The van der Waals surface area contributed by atoms with E-state index in [1.807, 2.05) is 27.7 Å². The van der Waals surface area contributed by atoms with Crippen LogP contribution < -0.4 is 21.3 Å². The van der Waals surface area contributed by atoms with E-state index >= 15 is 0 Å². The van der Waals surface area contributed by atoms with Gasteiger partial charge in [-0.1, -0.05) is 48.5 Å². The van der Waals surface area contributed by atoms with E-state index in [0.717, 1.165) is 19.3 Å². The molecule has 2 saturated carbocycles. The van der Waals surface area contributed by atoms with E-state index in [1.54, 1.807) is 25.7 Å². The molecule has 0 aromatic carbocycles. The number of carbonyl (C=O) groups is 6. The first-order valence-electron chi connectivity index (χ1n) is 15.1. The molecule has 234 valence electrons. The highest BCUT2D eigenvalue weighted by molar-refractivity contribution is 6.39. The zero-order valence-corrected chi connectivity index (χ0v) is 26.1. The molecule has 0 aromatic rings. The Morgan fingerprint density at radius 2 is 1.62 bits per heavy atom. The average Bonchev–Trinajstić information content (AvgIpc) is 3.51. The Morgan fingerprint density at radius 1 is 1.00 bits per heavy atom. The largest absolute Gasteiger partial charge is 0.453 e. The minimum absolute atomic E-state index is 0.00798. The van der Waals surface area contributed by atoms with E-state index < -0.39 is 75.9 Å². The van der Waals surface area contributed by atoms with Crippen LogP contribution in [0.5, 0.6) is 0 Å². The van der Waals surface area contributed by atoms with Crippen molar-refractivity contribution < 1.29 is 33.5 Å². The quantitative estimate of drug-likeness (QED) is 0.310. The third-order valence-corrected chi connectivity index (χ3v) is 9.70. The predicted octanol–water partition coefficient (Wildman–Crippen LogP) is 1.27. The summed E-state index contributed by atoms with van der Waals surface area (Å²) in [6.07, 6.45) is 2.91. The van der Waals surface area contributed by atoms with E-state index in [2.05, 4.69) is 21.3 Å². The number of Topliss-reactive ketones (excluding diaryl/α,β-unsaturated/α-hetero) is 1. The third kappa shape index (κ3) is 5.73. The molecule has 12 heteroatoms. The van der Waals surface area contributed by atoms with Crippen LogP contribution in [0.1, 0.15) is 80.6 Å². The SMILES string of the molecule is CCC12CC[C@H]3CN(C(=O)[C@@H](NC(=O)[C@@H](NC(=O)OC)C(C)(C)C)C(C)(C)C)[C@H](C(=O)N[C@@H]1C(=O)C(=O)NC1CC1)[C@H]32. The molecule has 0 radical (unpaired) electrons. The van der Waals surface area contributed by atoms with Gasteiger partial charge in [0, 0.05) is 23.9 Å². The summed E-state index contributed by atoms with van der Waals surface area (Å²) in [4.78, 5) is 81.2. The number of carbonyl (C=O) groups excluding carboxylic acids is 6. The molecular formula is C30H47N5O7. The van der Waals surface area contributed by atoms with Crippen molar-refractivity contribution in [1.29, 1.82) is 0 Å². The van der Waals surface area contributed by atoms with E-state index in [9.17, 15) is 28.8 Å². The lowest BCUT2D eigenvalue weighted by molar-refractivity contribution is -0.153. The number of ketones is 1. The standard InChI is InChI=1S/C30H47N5O7/c1-9-30-13-12-15-14-35(18(17(15)30)23(37)32-20(30)19(36)24(38)31-16-10-11-16)26(40)22(29(5,6)7)33-25(39)21(28(2,3)4)34-27(41)42-8/h15-18,20-22H,9-14H2,1-8H3,(H,31,38)(H,32,37)(H,33,39)(H,34,41)/t15-,17-,18-,20+,21+,22+,30?/m0/s1. The lowest BCUT2D eigenvalue weighted by Crippen LogP contribution is -2.69. The van der Waals surface area contributed by atoms with Gasteiger partial charge in [-0.25, -0.2) is 4.79 Å². The van der Waals surface area contributed by atoms with Gasteiger partial charge in [0.05, 0.1) is 7.11 Å². The molecule has 2 heterocycles. The summed E-state index contributed by atoms with van der Waals surface area (Å²) in [5.74, 6) is -2.94. The van der Waals surface area contributed by atoms with Crippen LogP contribution in [0.2, 0.25) is 0 Å². The van der Waals surface area contributed by atoms with Crippen LogP contribution in [-0.4, -0.2) is 84.3 Å². The van der Waals surface area contributed by atoms with Gasteiger partial charge in [0.15, 0.2) is 0 Å². The predicted molar refractivity (Wildman–Crippen MR) is 153 cm³/mol. The van der Waals surface area contributed by atoms with Crippen LogP contribution in [0, 0.1) is 28.1 Å². The topological polar surface area (TPSA) is 163 Å². The molecule has 4 N–H and O–H groups in total. The molecule has 42 heavy (non-hydrogen) atoms. The average molecular weight is 590 g/mol. The maximum Gasteiger partial charge on any atom is 0.407 e. The van der Waals surface area contributed by atoms with Crippen LogP contribution in [0.25, 0.3) is 0 Å². The van der Waals surface area contributed by atoms with Crippen molar-refractivity contribution in [1.82, 2.24) is 26.2 Å². The summed E-state index contributed by atoms with van der Waals surface area (Å²) in [7, 11) is 1.21. The highest BCUT2D eigenvalue weighted by Gasteiger charge is 2.67. The summed E-state index contributed by atoms with van der Waals surface area (Å²) in [6, 6.07) is -3.72. The van der Waals surface area contributed by atoms with E-state index in [4.69, 9.17) is 4.74 Å². The molecule has 0 bridgehead atoms. The molecule has 2 aliphatic heterocycles. The van der Waals surface area contributed by atoms with Crippen molar-refractivity contribution in [3.05, 3.63) is 0 Å². The molecule has 5 amide bonds. The molecular weight excluding hydrogens is 542 g/mol. The van der Waals surface area contributed by atoms with Gasteiger partial charge < -0.3 is 30.9 Å². The number of piperidine rings is 1. The number of hydrogen-bond acceptors (Lipinski definition) is 7. The first-order valence-corrected chi connectivity index (χ1v) is 15.1. The van der Waals surface area contributed by atoms with Crippen molar-refractivity contribution in [3.8, 4) is 0 Å². The Labute approximate surface area is 247 Å². The summed E-state index contributed by atoms with van der Waals surface area (Å²) < 4.78 is 4.71. The monoisotopic (exact) mass is 589 g/mol. The number of rotatable bonds is 8. The van der Waals surface area contributed by atoms with Crippen LogP contribution in [-0.2, 0) is 28.7 Å². The second kappa shape index (κ2) is 11.1. The fourth-order valence-electron chi connectivity index (χ4n) is 7.30. The molecule has 4 aliphatic rings. The Bertz CT molecular complexity index is 1150. The number of ether oxygens (including phenoxy) is 1. The van der Waals surface area contributed by atoms with E-state index in [1.165, 1.54) is 7.11 Å². The number of likely N-dealkylation sites (tertiary alicyclic amines) is 1. The maximum atomic E-state index is 14.3. The number of hydrogen-bond donors (Lipinski definition) is 4. The molecule has 4 rings (SSSR count). The lowest BCUT2D eigenvalue weighted by Gasteiger charge is -2.48. The first-order chi connectivity index (χ1) is 19.5. The number of nitrogens with one attached hydrogen (secondary N) is 4. The van der Waals surface area contributed by atoms with Crippen molar-refractivity contribution in [3.63, 3.8) is 0 Å². The fourth-order valence-corrected chi connectivity index (χ4v) is 7.30. The zero-order chi connectivity index (χ0) is 31.4. The van der Waals surface area contributed by atoms with Crippen molar-refractivity contribution in [2.45, 2.75) is 111 Å². The third-order valence-electron chi connectivity index (χ3n) is 9.70. The first kappa shape index (κ1) is 31.7. The van der Waals surface area contributed by atoms with Crippen LogP contribution in [0.4, 0.5) is 4.79 Å². The maximum absolute atomic E-state index is 14.3. The smallest absolute Gasteiger partial charge is 0.407 e. The molecule has 2 aliphatic carbocycles.